The van der Waals surface area contributed by atoms with E-state index >= 15 is 0 Å². The van der Waals surface area contributed by atoms with Crippen LogP contribution in [0.5, 0.6) is 0 Å². The number of nitrogens with zero attached hydrogens (tertiary/aromatic N) is 1. The van der Waals surface area contributed by atoms with Crippen molar-refractivity contribution in [2.45, 2.75) is 32.2 Å². The van der Waals surface area contributed by atoms with E-state index in [1.165, 1.54) is 6.07 Å². The van der Waals surface area contributed by atoms with E-state index in [9.17, 15) is 10.1 Å². The molecular weight excluding hydrogens is 240 g/mol. The summed E-state index contributed by atoms with van der Waals surface area (Å²) in [5, 5.41) is 14.5. The van der Waals surface area contributed by atoms with Gasteiger partial charge in [-0.3, -0.25) is 10.1 Å². The van der Waals surface area contributed by atoms with Crippen LogP contribution in [0.4, 0.5) is 5.69 Å². The molecule has 0 bridgehead atoms. The lowest BCUT2D eigenvalue weighted by molar-refractivity contribution is -0.385. The Morgan fingerprint density at radius 1 is 1.53 bits per heavy atom. The molecule has 0 aliphatic rings. The van der Waals surface area contributed by atoms with E-state index in [0.717, 1.165) is 12.8 Å². The first kappa shape index (κ1) is 13.9. The zero-order chi connectivity index (χ0) is 12.8. The van der Waals surface area contributed by atoms with Gasteiger partial charge in [0.1, 0.15) is 0 Å². The van der Waals surface area contributed by atoms with Crippen molar-refractivity contribution in [2.75, 3.05) is 7.05 Å². The Bertz CT molecular complexity index is 392. The van der Waals surface area contributed by atoms with Gasteiger partial charge in [-0.15, -0.1) is 0 Å². The topological polar surface area (TPSA) is 55.2 Å². The van der Waals surface area contributed by atoms with Gasteiger partial charge in [0.2, 0.25) is 0 Å². The molecule has 17 heavy (non-hydrogen) atoms. The van der Waals surface area contributed by atoms with Crippen LogP contribution in [0.1, 0.15) is 25.3 Å². The number of hydrogen-bond donors (Lipinski definition) is 1. The Hall–Kier alpha value is -1.13. The smallest absolute Gasteiger partial charge is 0.274 e. The van der Waals surface area contributed by atoms with Crippen molar-refractivity contribution in [3.05, 3.63) is 38.9 Å². The molecule has 1 unspecified atom stereocenters. The highest BCUT2D eigenvalue weighted by atomic mass is 35.5. The van der Waals surface area contributed by atoms with Crippen LogP contribution in [0.2, 0.25) is 5.02 Å². The van der Waals surface area contributed by atoms with Gasteiger partial charge in [-0.2, -0.15) is 0 Å². The predicted octanol–water partition coefficient (Wildman–Crippen LogP) is 3.18. The third kappa shape index (κ3) is 3.68. The van der Waals surface area contributed by atoms with Gasteiger partial charge in [-0.05, 0) is 32.4 Å². The molecule has 0 fully saturated rings. The molecule has 1 aromatic rings. The zero-order valence-corrected chi connectivity index (χ0v) is 10.8. The summed E-state index contributed by atoms with van der Waals surface area (Å²) in [5.41, 5.74) is 0.747. The van der Waals surface area contributed by atoms with Gasteiger partial charge in [0.05, 0.1) is 9.95 Å². The Morgan fingerprint density at radius 2 is 2.24 bits per heavy atom. The first-order chi connectivity index (χ1) is 8.10. The van der Waals surface area contributed by atoms with Crippen molar-refractivity contribution >= 4 is 17.3 Å². The van der Waals surface area contributed by atoms with Crippen molar-refractivity contribution in [2.24, 2.45) is 0 Å². The predicted molar refractivity (Wildman–Crippen MR) is 69.6 cm³/mol. The van der Waals surface area contributed by atoms with E-state index in [1.807, 2.05) is 7.05 Å². The van der Waals surface area contributed by atoms with Crippen LogP contribution < -0.4 is 5.32 Å². The Balaban J connectivity index is 2.85. The lowest BCUT2D eigenvalue weighted by Gasteiger charge is -2.13. The number of halogens is 1. The van der Waals surface area contributed by atoms with Crippen LogP contribution >= 0.6 is 11.6 Å². The van der Waals surface area contributed by atoms with Crippen molar-refractivity contribution in [1.82, 2.24) is 5.32 Å². The van der Waals surface area contributed by atoms with Crippen LogP contribution in [0.25, 0.3) is 0 Å². The minimum absolute atomic E-state index is 0.114. The van der Waals surface area contributed by atoms with Crippen LogP contribution in [0, 0.1) is 10.1 Å². The largest absolute Gasteiger partial charge is 0.317 e. The minimum Gasteiger partial charge on any atom is -0.317 e. The zero-order valence-electron chi connectivity index (χ0n) is 10.1. The fourth-order valence-corrected chi connectivity index (χ4v) is 2.10. The van der Waals surface area contributed by atoms with Gasteiger partial charge in [-0.1, -0.05) is 24.6 Å². The highest BCUT2D eigenvalue weighted by Crippen LogP contribution is 2.27. The normalized spacial score (nSPS) is 12.4. The van der Waals surface area contributed by atoms with Gasteiger partial charge in [0, 0.05) is 17.7 Å². The number of hydrogen-bond acceptors (Lipinski definition) is 3. The van der Waals surface area contributed by atoms with E-state index in [2.05, 4.69) is 12.2 Å². The summed E-state index contributed by atoms with van der Waals surface area (Å²) >= 11 is 6.02. The highest BCUT2D eigenvalue weighted by molar-refractivity contribution is 6.31. The monoisotopic (exact) mass is 256 g/mol. The molecular formula is C12H17ClN2O2. The molecule has 0 aromatic heterocycles. The van der Waals surface area contributed by atoms with Crippen molar-refractivity contribution in [1.29, 1.82) is 0 Å². The number of rotatable bonds is 6. The first-order valence-electron chi connectivity index (χ1n) is 5.69. The molecule has 1 rings (SSSR count). The summed E-state index contributed by atoms with van der Waals surface area (Å²) in [7, 11) is 1.90. The maximum absolute atomic E-state index is 10.9. The quantitative estimate of drug-likeness (QED) is 0.628. The molecule has 5 heteroatoms. The van der Waals surface area contributed by atoms with Gasteiger partial charge in [-0.25, -0.2) is 0 Å². The molecule has 94 valence electrons. The molecule has 0 saturated heterocycles. The second-order valence-electron chi connectivity index (χ2n) is 3.93. The molecule has 0 radical (unpaired) electrons. The van der Waals surface area contributed by atoms with Crippen molar-refractivity contribution in [3.63, 3.8) is 0 Å². The molecule has 0 spiro atoms. The number of nitrogens with one attached hydrogen (secondary N) is 1. The maximum atomic E-state index is 10.9. The van der Waals surface area contributed by atoms with Gasteiger partial charge < -0.3 is 5.32 Å². The summed E-state index contributed by atoms with van der Waals surface area (Å²) in [6.45, 7) is 2.09. The molecule has 1 aromatic carbocycles. The second-order valence-corrected chi connectivity index (χ2v) is 4.33. The summed E-state index contributed by atoms with van der Waals surface area (Å²) < 4.78 is 0. The van der Waals surface area contributed by atoms with Gasteiger partial charge in [0.15, 0.2) is 0 Å². The molecule has 0 saturated carbocycles. The first-order valence-corrected chi connectivity index (χ1v) is 6.07. The third-order valence-electron chi connectivity index (χ3n) is 2.93. The minimum atomic E-state index is -0.373. The van der Waals surface area contributed by atoms with Crippen molar-refractivity contribution in [3.8, 4) is 0 Å². The Kier molecular flexibility index (Phi) is 5.38. The van der Waals surface area contributed by atoms with E-state index in [0.29, 0.717) is 23.0 Å². The van der Waals surface area contributed by atoms with Crippen LogP contribution in [-0.2, 0) is 6.42 Å². The molecule has 1 atom stereocenters. The average Bonchev–Trinajstić information content (AvgIpc) is 2.31. The summed E-state index contributed by atoms with van der Waals surface area (Å²) in [5.74, 6) is 0. The average molecular weight is 257 g/mol. The standard InChI is InChI=1S/C12H17ClN2O2/c1-3-9(14-2)7-8-10-11(13)5-4-6-12(10)15(16)17/h4-6,9,14H,3,7-8H2,1-2H3. The van der Waals surface area contributed by atoms with E-state index in [4.69, 9.17) is 11.6 Å². The Morgan fingerprint density at radius 3 is 2.76 bits per heavy atom. The summed E-state index contributed by atoms with van der Waals surface area (Å²) in [6, 6.07) is 5.18. The highest BCUT2D eigenvalue weighted by Gasteiger charge is 2.17. The second kappa shape index (κ2) is 6.57. The third-order valence-corrected chi connectivity index (χ3v) is 3.29. The van der Waals surface area contributed by atoms with E-state index in [1.54, 1.807) is 12.1 Å². The lowest BCUT2D eigenvalue weighted by Crippen LogP contribution is -2.24. The van der Waals surface area contributed by atoms with Crippen molar-refractivity contribution < 1.29 is 4.92 Å². The molecule has 0 aliphatic heterocycles. The molecule has 1 N–H and O–H groups in total. The Labute approximate surface area is 106 Å². The number of nitro benzene ring substituents is 1. The molecule has 0 heterocycles. The lowest BCUT2D eigenvalue weighted by atomic mass is 10.0. The molecule has 0 aliphatic carbocycles. The van der Waals surface area contributed by atoms with Crippen LogP contribution in [0.15, 0.2) is 18.2 Å². The maximum Gasteiger partial charge on any atom is 0.274 e. The summed E-state index contributed by atoms with van der Waals surface area (Å²) in [6.07, 6.45) is 2.46. The number of nitro groups is 1. The van der Waals surface area contributed by atoms with Crippen LogP contribution in [0.3, 0.4) is 0 Å². The fraction of sp³-hybridized carbons (Fsp3) is 0.500. The van der Waals surface area contributed by atoms with E-state index in [-0.39, 0.29) is 10.6 Å². The fourth-order valence-electron chi connectivity index (χ4n) is 1.84. The molecule has 0 amide bonds. The van der Waals surface area contributed by atoms with Gasteiger partial charge >= 0.3 is 0 Å². The van der Waals surface area contributed by atoms with Crippen LogP contribution in [-0.4, -0.2) is 18.0 Å². The van der Waals surface area contributed by atoms with E-state index < -0.39 is 0 Å². The SMILES string of the molecule is CCC(CCc1c(Cl)cccc1[N+](=O)[O-])NC. The summed E-state index contributed by atoms with van der Waals surface area (Å²) in [4.78, 5) is 10.5. The van der Waals surface area contributed by atoms with Gasteiger partial charge in [0.25, 0.3) is 5.69 Å². The number of benzene rings is 1. The molecule has 4 nitrogen and oxygen atoms in total.